The number of hydrogen-bond donors (Lipinski definition) is 2. The number of carbonyl (C=O) groups excluding carboxylic acids is 1. The van der Waals surface area contributed by atoms with Crippen LogP contribution in [0.3, 0.4) is 0 Å². The van der Waals surface area contributed by atoms with E-state index in [-0.39, 0.29) is 13.2 Å². The van der Waals surface area contributed by atoms with Gasteiger partial charge in [-0.05, 0) is 19.1 Å². The molecule has 1 amide bonds. The molecule has 2 rings (SSSR count). The van der Waals surface area contributed by atoms with E-state index >= 15 is 0 Å². The summed E-state index contributed by atoms with van der Waals surface area (Å²) in [5.41, 5.74) is 0. The van der Waals surface area contributed by atoms with E-state index in [0.29, 0.717) is 10.8 Å². The molecule has 0 saturated carbocycles. The zero-order valence-corrected chi connectivity index (χ0v) is 12.2. The number of carboxylic acids is 1. The van der Waals surface area contributed by atoms with Crippen molar-refractivity contribution in [2.45, 2.75) is 19.1 Å². The zero-order chi connectivity index (χ0) is 15.4. The van der Waals surface area contributed by atoms with Crippen LogP contribution in [0.15, 0.2) is 24.3 Å². The molecule has 2 N–H and O–H groups in total. The van der Waals surface area contributed by atoms with Crippen molar-refractivity contribution in [3.8, 4) is 5.75 Å². The summed E-state index contributed by atoms with van der Waals surface area (Å²) in [6.45, 7) is 1.85. The van der Waals surface area contributed by atoms with Crippen LogP contribution >= 0.6 is 11.6 Å². The summed E-state index contributed by atoms with van der Waals surface area (Å²) in [5.74, 6) is -1.73. The molecule has 1 aliphatic rings. The van der Waals surface area contributed by atoms with Crippen molar-refractivity contribution >= 4 is 23.5 Å². The third-order valence-corrected chi connectivity index (χ3v) is 3.55. The number of hydrogen-bond acceptors (Lipinski definition) is 4. The molecule has 1 aliphatic heterocycles. The van der Waals surface area contributed by atoms with E-state index in [1.54, 1.807) is 31.2 Å². The van der Waals surface area contributed by atoms with Crippen molar-refractivity contribution in [2.24, 2.45) is 5.92 Å². The highest BCUT2D eigenvalue weighted by Gasteiger charge is 2.36. The topological polar surface area (TPSA) is 84.9 Å². The Hall–Kier alpha value is -1.79. The first-order chi connectivity index (χ1) is 9.99. The average Bonchev–Trinajstić information content (AvgIpc) is 2.89. The first-order valence-electron chi connectivity index (χ1n) is 6.51. The van der Waals surface area contributed by atoms with Crippen LogP contribution in [-0.2, 0) is 14.3 Å². The molecule has 114 valence electrons. The SMILES string of the molecule is CC(Oc1ccccc1Cl)C(=O)NC1COCC1C(=O)O. The molecule has 0 radical (unpaired) electrons. The second kappa shape index (κ2) is 6.78. The van der Waals surface area contributed by atoms with E-state index in [1.807, 2.05) is 0 Å². The maximum Gasteiger partial charge on any atom is 0.311 e. The molecule has 3 unspecified atom stereocenters. The molecule has 6 nitrogen and oxygen atoms in total. The molecule has 3 atom stereocenters. The predicted molar refractivity (Wildman–Crippen MR) is 75.4 cm³/mol. The summed E-state index contributed by atoms with van der Waals surface area (Å²) in [4.78, 5) is 23.1. The minimum Gasteiger partial charge on any atom is -0.481 e. The molecule has 0 aliphatic carbocycles. The van der Waals surface area contributed by atoms with Crippen molar-refractivity contribution in [2.75, 3.05) is 13.2 Å². The molecule has 7 heteroatoms. The number of aliphatic carboxylic acids is 1. The van der Waals surface area contributed by atoms with Gasteiger partial charge < -0.3 is 19.9 Å². The number of halogens is 1. The molecular formula is C14H16ClNO5. The van der Waals surface area contributed by atoms with E-state index < -0.39 is 29.9 Å². The molecule has 1 aromatic rings. The van der Waals surface area contributed by atoms with Crippen molar-refractivity contribution in [3.63, 3.8) is 0 Å². The van der Waals surface area contributed by atoms with Gasteiger partial charge in [0.2, 0.25) is 0 Å². The van der Waals surface area contributed by atoms with Gasteiger partial charge in [0.05, 0.1) is 24.3 Å². The van der Waals surface area contributed by atoms with Crippen molar-refractivity contribution in [3.05, 3.63) is 29.3 Å². The second-order valence-corrected chi connectivity index (χ2v) is 5.19. The van der Waals surface area contributed by atoms with E-state index in [2.05, 4.69) is 5.32 Å². The van der Waals surface area contributed by atoms with Crippen molar-refractivity contribution in [1.82, 2.24) is 5.32 Å². The first-order valence-corrected chi connectivity index (χ1v) is 6.89. The number of para-hydroxylation sites is 1. The molecule has 1 saturated heterocycles. The van der Waals surface area contributed by atoms with Gasteiger partial charge in [0.1, 0.15) is 11.7 Å². The Morgan fingerprint density at radius 2 is 2.14 bits per heavy atom. The second-order valence-electron chi connectivity index (χ2n) is 4.79. The van der Waals surface area contributed by atoms with Crippen molar-refractivity contribution in [1.29, 1.82) is 0 Å². The van der Waals surface area contributed by atoms with Crippen LogP contribution in [0.4, 0.5) is 0 Å². The maximum absolute atomic E-state index is 12.1. The number of ether oxygens (including phenoxy) is 2. The third-order valence-electron chi connectivity index (χ3n) is 3.23. The van der Waals surface area contributed by atoms with Crippen LogP contribution in [0.25, 0.3) is 0 Å². The van der Waals surface area contributed by atoms with E-state index in [1.165, 1.54) is 0 Å². The van der Waals surface area contributed by atoms with Crippen LogP contribution in [0.5, 0.6) is 5.75 Å². The molecule has 0 spiro atoms. The number of carboxylic acid groups (broad SMARTS) is 1. The molecule has 1 heterocycles. The minimum atomic E-state index is -0.988. The van der Waals surface area contributed by atoms with E-state index in [0.717, 1.165) is 0 Å². The fraction of sp³-hybridized carbons (Fsp3) is 0.429. The lowest BCUT2D eigenvalue weighted by Gasteiger charge is -2.20. The van der Waals surface area contributed by atoms with Crippen LogP contribution in [0, 0.1) is 5.92 Å². The summed E-state index contributed by atoms with van der Waals surface area (Å²) in [6.07, 6.45) is -0.792. The average molecular weight is 314 g/mol. The lowest BCUT2D eigenvalue weighted by Crippen LogP contribution is -2.47. The number of nitrogens with one attached hydrogen (secondary N) is 1. The Kier molecular flexibility index (Phi) is 5.03. The summed E-state index contributed by atoms with van der Waals surface area (Å²) in [5, 5.41) is 12.1. The number of benzene rings is 1. The number of amides is 1. The highest BCUT2D eigenvalue weighted by molar-refractivity contribution is 6.32. The van der Waals surface area contributed by atoms with Gasteiger partial charge in [-0.3, -0.25) is 9.59 Å². The van der Waals surface area contributed by atoms with Crippen molar-refractivity contribution < 1.29 is 24.2 Å². The Morgan fingerprint density at radius 1 is 1.43 bits per heavy atom. The maximum atomic E-state index is 12.1. The molecule has 0 bridgehead atoms. The molecule has 0 aromatic heterocycles. The molecule has 1 fully saturated rings. The van der Waals surface area contributed by atoms with Gasteiger partial charge in [0.15, 0.2) is 6.10 Å². The van der Waals surface area contributed by atoms with Crippen LogP contribution in [0.1, 0.15) is 6.92 Å². The van der Waals surface area contributed by atoms with Crippen LogP contribution in [-0.4, -0.2) is 42.3 Å². The minimum absolute atomic E-state index is 0.0973. The largest absolute Gasteiger partial charge is 0.481 e. The Balaban J connectivity index is 1.94. The summed E-state index contributed by atoms with van der Waals surface area (Å²) in [7, 11) is 0. The van der Waals surface area contributed by atoms with Gasteiger partial charge in [0, 0.05) is 0 Å². The number of rotatable bonds is 5. The highest BCUT2D eigenvalue weighted by atomic mass is 35.5. The summed E-state index contributed by atoms with van der Waals surface area (Å²) < 4.78 is 10.6. The smallest absolute Gasteiger partial charge is 0.311 e. The summed E-state index contributed by atoms with van der Waals surface area (Å²) >= 11 is 5.95. The normalized spacial score (nSPS) is 22.6. The van der Waals surface area contributed by atoms with Gasteiger partial charge in [-0.15, -0.1) is 0 Å². The molecule has 1 aromatic carbocycles. The quantitative estimate of drug-likeness (QED) is 0.856. The lowest BCUT2D eigenvalue weighted by atomic mass is 10.0. The lowest BCUT2D eigenvalue weighted by molar-refractivity contribution is -0.142. The van der Waals surface area contributed by atoms with Gasteiger partial charge >= 0.3 is 5.97 Å². The van der Waals surface area contributed by atoms with E-state index in [4.69, 9.17) is 26.2 Å². The Morgan fingerprint density at radius 3 is 2.81 bits per heavy atom. The van der Waals surface area contributed by atoms with E-state index in [9.17, 15) is 9.59 Å². The first kappa shape index (κ1) is 15.6. The number of carbonyl (C=O) groups is 2. The summed E-state index contributed by atoms with van der Waals surface area (Å²) in [6, 6.07) is 6.27. The molecular weight excluding hydrogens is 298 g/mol. The van der Waals surface area contributed by atoms with Gasteiger partial charge in [0.25, 0.3) is 5.91 Å². The predicted octanol–water partition coefficient (Wildman–Crippen LogP) is 1.32. The third kappa shape index (κ3) is 3.86. The Bertz CT molecular complexity index is 536. The fourth-order valence-corrected chi connectivity index (χ4v) is 2.20. The van der Waals surface area contributed by atoms with Crippen LogP contribution in [0.2, 0.25) is 5.02 Å². The van der Waals surface area contributed by atoms with Gasteiger partial charge in [-0.1, -0.05) is 23.7 Å². The Labute approximate surface area is 127 Å². The highest BCUT2D eigenvalue weighted by Crippen LogP contribution is 2.24. The van der Waals surface area contributed by atoms with Crippen LogP contribution < -0.4 is 10.1 Å². The zero-order valence-electron chi connectivity index (χ0n) is 11.4. The standard InChI is InChI=1S/C14H16ClNO5/c1-8(21-12-5-3-2-4-10(12)15)13(17)16-11-7-20-6-9(11)14(18)19/h2-5,8-9,11H,6-7H2,1H3,(H,16,17)(H,18,19). The van der Waals surface area contributed by atoms with Gasteiger partial charge in [-0.2, -0.15) is 0 Å². The monoisotopic (exact) mass is 313 g/mol. The van der Waals surface area contributed by atoms with Gasteiger partial charge in [-0.25, -0.2) is 0 Å². The fourth-order valence-electron chi connectivity index (χ4n) is 2.02. The molecule has 21 heavy (non-hydrogen) atoms.